The molecule has 4 unspecified atom stereocenters. The van der Waals surface area contributed by atoms with E-state index in [9.17, 15) is 15.0 Å². The van der Waals surface area contributed by atoms with Gasteiger partial charge in [0.05, 0.1) is 10.8 Å². The van der Waals surface area contributed by atoms with Crippen LogP contribution in [-0.4, -0.2) is 33.2 Å². The first-order valence-corrected chi connectivity index (χ1v) is 17.3. The highest BCUT2D eigenvalue weighted by molar-refractivity contribution is 6.35. The summed E-state index contributed by atoms with van der Waals surface area (Å²) in [6.07, 6.45) is 11.7. The Bertz CT molecular complexity index is 1550. The second kappa shape index (κ2) is 13.2. The summed E-state index contributed by atoms with van der Waals surface area (Å²) in [5, 5.41) is 20.3. The van der Waals surface area contributed by atoms with Gasteiger partial charge >= 0.3 is 0 Å². The Kier molecular flexibility index (Phi) is 10.3. The average Bonchev–Trinajstić information content (AvgIpc) is 2.95. The van der Waals surface area contributed by atoms with E-state index in [4.69, 9.17) is 4.74 Å². The Labute approximate surface area is 282 Å². The van der Waals surface area contributed by atoms with Gasteiger partial charge in [0.1, 0.15) is 16.9 Å². The number of hydrogen-bond acceptors (Lipinski definition) is 6. The van der Waals surface area contributed by atoms with Crippen LogP contribution in [0.4, 0.5) is 0 Å². The number of carbonyl (C=O) groups excluding carboxylic acids is 3. The molecule has 6 nitrogen and oxygen atoms in total. The maximum absolute atomic E-state index is 15.5. The number of hydrogen-bond donors (Lipinski definition) is 2. The lowest BCUT2D eigenvalue weighted by molar-refractivity contribution is -0.190. The number of ketones is 3. The van der Waals surface area contributed by atoms with Gasteiger partial charge in [-0.3, -0.25) is 14.4 Å². The molecule has 2 fully saturated rings. The van der Waals surface area contributed by atoms with Gasteiger partial charge in [0.15, 0.2) is 28.8 Å². The van der Waals surface area contributed by atoms with E-state index < -0.39 is 39.2 Å². The van der Waals surface area contributed by atoms with Crippen LogP contribution >= 0.6 is 0 Å². The number of Topliss-reactive ketones (excluding diaryl/α,β-unsaturated/α-hetero) is 3. The lowest BCUT2D eigenvalue weighted by Gasteiger charge is -2.64. The smallest absolute Gasteiger partial charge is 0.200 e. The van der Waals surface area contributed by atoms with Crippen LogP contribution in [0, 0.1) is 28.1 Å². The van der Waals surface area contributed by atoms with Gasteiger partial charge in [-0.2, -0.15) is 0 Å². The molecule has 1 saturated carbocycles. The number of phenols is 2. The third kappa shape index (κ3) is 6.41. The zero-order valence-corrected chi connectivity index (χ0v) is 30.3. The third-order valence-corrected chi connectivity index (χ3v) is 11.4. The molecule has 1 aromatic rings. The summed E-state index contributed by atoms with van der Waals surface area (Å²) in [7, 11) is 0. The summed E-state index contributed by atoms with van der Waals surface area (Å²) in [6.45, 7) is 20.5. The van der Waals surface area contributed by atoms with Gasteiger partial charge in [0, 0.05) is 5.56 Å². The number of allylic oxidation sites excluding steroid dienone is 8. The summed E-state index contributed by atoms with van der Waals surface area (Å²) in [5.74, 6) is -1.69. The Hall–Kier alpha value is -3.41. The normalized spacial score (nSPS) is 27.4. The van der Waals surface area contributed by atoms with Crippen molar-refractivity contribution in [3.05, 3.63) is 70.0 Å². The molecule has 256 valence electrons. The maximum atomic E-state index is 15.5. The second-order valence-corrected chi connectivity index (χ2v) is 16.1. The van der Waals surface area contributed by atoms with E-state index in [2.05, 4.69) is 59.8 Å². The van der Waals surface area contributed by atoms with Gasteiger partial charge in [0.2, 0.25) is 0 Å². The first-order chi connectivity index (χ1) is 21.8. The molecule has 4 atom stereocenters. The van der Waals surface area contributed by atoms with Crippen molar-refractivity contribution in [1.82, 2.24) is 0 Å². The van der Waals surface area contributed by atoms with Crippen molar-refractivity contribution in [2.75, 3.05) is 0 Å². The van der Waals surface area contributed by atoms with Crippen LogP contribution in [-0.2, 0) is 14.3 Å². The molecule has 2 N–H and O–H groups in total. The highest BCUT2D eigenvalue weighted by atomic mass is 16.5. The molecule has 0 radical (unpaired) electrons. The van der Waals surface area contributed by atoms with Crippen LogP contribution in [0.2, 0.25) is 0 Å². The van der Waals surface area contributed by atoms with Crippen molar-refractivity contribution in [2.24, 2.45) is 28.1 Å². The Morgan fingerprint density at radius 3 is 1.89 bits per heavy atom. The number of aromatic hydroxyl groups is 2. The molecular formula is C41H56O6. The SMILES string of the molecule is CC(C)=CCCC1CC23CC(CCC=C(C)C)C(C)(C)C(CCC=C(C)C)(C(=O)C(C(=O)c4ccc(O)c(O)c4)=C2OC1(C)C)C3=O. The molecule has 1 heterocycles. The minimum Gasteiger partial charge on any atom is -0.504 e. The molecule has 1 spiro atoms. The van der Waals surface area contributed by atoms with Crippen LogP contribution < -0.4 is 0 Å². The van der Waals surface area contributed by atoms with Gasteiger partial charge in [-0.1, -0.05) is 48.8 Å². The van der Waals surface area contributed by atoms with Crippen molar-refractivity contribution in [3.63, 3.8) is 0 Å². The van der Waals surface area contributed by atoms with Gasteiger partial charge < -0.3 is 14.9 Å². The number of carbonyl (C=O) groups is 3. The van der Waals surface area contributed by atoms with Crippen LogP contribution in [0.1, 0.15) is 131 Å². The quantitative estimate of drug-likeness (QED) is 0.0818. The molecule has 0 aromatic heterocycles. The molecule has 3 aliphatic rings. The highest BCUT2D eigenvalue weighted by Crippen LogP contribution is 2.69. The molecule has 1 aliphatic heterocycles. The summed E-state index contributed by atoms with van der Waals surface area (Å²) in [6, 6.07) is 3.86. The monoisotopic (exact) mass is 644 g/mol. The molecule has 1 saturated heterocycles. The van der Waals surface area contributed by atoms with Crippen molar-refractivity contribution in [1.29, 1.82) is 0 Å². The van der Waals surface area contributed by atoms with E-state index >= 15 is 9.59 Å². The lowest BCUT2D eigenvalue weighted by atomic mass is 9.38. The van der Waals surface area contributed by atoms with Crippen LogP contribution in [0.5, 0.6) is 11.5 Å². The van der Waals surface area contributed by atoms with E-state index in [-0.39, 0.29) is 40.3 Å². The molecular weight excluding hydrogens is 588 g/mol. The predicted octanol–water partition coefficient (Wildman–Crippen LogP) is 9.76. The summed E-state index contributed by atoms with van der Waals surface area (Å²) >= 11 is 0. The number of fused-ring (bicyclic) bond motifs is 1. The van der Waals surface area contributed by atoms with E-state index in [0.717, 1.165) is 31.3 Å². The van der Waals surface area contributed by atoms with Gasteiger partial charge in [-0.15, -0.1) is 0 Å². The Morgan fingerprint density at radius 2 is 1.34 bits per heavy atom. The minimum absolute atomic E-state index is 0.0168. The zero-order valence-electron chi connectivity index (χ0n) is 30.3. The summed E-state index contributed by atoms with van der Waals surface area (Å²) < 4.78 is 6.88. The van der Waals surface area contributed by atoms with Crippen molar-refractivity contribution in [2.45, 2.75) is 126 Å². The Balaban J connectivity index is 2.03. The van der Waals surface area contributed by atoms with E-state index in [0.29, 0.717) is 25.7 Å². The molecule has 6 heteroatoms. The Morgan fingerprint density at radius 1 is 0.809 bits per heavy atom. The third-order valence-electron chi connectivity index (χ3n) is 11.4. The standard InChI is InChI=1S/C41H56O6/c1-25(2)14-11-17-29-23-40-24-30(18-12-15-26(3)4)39(9,10)47-36(40)33(34(44)28-19-20-31(42)32(43)22-28)35(45)41(37(40)46,38(29,7)8)21-13-16-27(5)6/h14-16,19-20,22,29-30,42-43H,11-13,17-18,21,23-24H2,1-10H3. The summed E-state index contributed by atoms with van der Waals surface area (Å²) in [5.41, 5.74) is -0.456. The van der Waals surface area contributed by atoms with Crippen LogP contribution in [0.15, 0.2) is 64.5 Å². The molecule has 47 heavy (non-hydrogen) atoms. The fourth-order valence-corrected chi connectivity index (χ4v) is 8.60. The van der Waals surface area contributed by atoms with E-state index in [1.807, 2.05) is 27.7 Å². The molecule has 2 aliphatic carbocycles. The van der Waals surface area contributed by atoms with E-state index in [1.165, 1.54) is 29.3 Å². The number of rotatable bonds is 11. The molecule has 0 amide bonds. The van der Waals surface area contributed by atoms with Gasteiger partial charge in [-0.05, 0) is 142 Å². The second-order valence-electron chi connectivity index (χ2n) is 16.1. The zero-order chi connectivity index (χ0) is 35.1. The number of benzene rings is 1. The van der Waals surface area contributed by atoms with Crippen LogP contribution in [0.25, 0.3) is 0 Å². The maximum Gasteiger partial charge on any atom is 0.200 e. The number of ether oxygens (including phenoxy) is 1. The topological polar surface area (TPSA) is 101 Å². The van der Waals surface area contributed by atoms with Crippen LogP contribution in [0.3, 0.4) is 0 Å². The lowest BCUT2D eigenvalue weighted by Crippen LogP contribution is -2.69. The molecule has 4 rings (SSSR count). The van der Waals surface area contributed by atoms with E-state index in [1.54, 1.807) is 0 Å². The fraction of sp³-hybridized carbons (Fsp3) is 0.585. The van der Waals surface area contributed by atoms with Gasteiger partial charge in [-0.25, -0.2) is 0 Å². The van der Waals surface area contributed by atoms with Crippen molar-refractivity contribution in [3.8, 4) is 11.5 Å². The molecule has 2 bridgehead atoms. The van der Waals surface area contributed by atoms with Crippen molar-refractivity contribution >= 4 is 17.3 Å². The minimum atomic E-state index is -1.43. The fourth-order valence-electron chi connectivity index (χ4n) is 8.60. The average molecular weight is 645 g/mol. The number of phenolic OH excluding ortho intramolecular Hbond substituents is 2. The predicted molar refractivity (Wildman–Crippen MR) is 187 cm³/mol. The first kappa shape index (κ1) is 36.4. The first-order valence-electron chi connectivity index (χ1n) is 17.3. The van der Waals surface area contributed by atoms with Crippen molar-refractivity contribution < 1.29 is 29.3 Å². The summed E-state index contributed by atoms with van der Waals surface area (Å²) in [4.78, 5) is 45.4. The molecule has 1 aromatic carbocycles. The largest absolute Gasteiger partial charge is 0.504 e. The highest BCUT2D eigenvalue weighted by Gasteiger charge is 2.74. The van der Waals surface area contributed by atoms with Gasteiger partial charge in [0.25, 0.3) is 0 Å².